The highest BCUT2D eigenvalue weighted by Gasteiger charge is 2.20. The van der Waals surface area contributed by atoms with Crippen LogP contribution in [0.3, 0.4) is 0 Å². The van der Waals surface area contributed by atoms with Crippen molar-refractivity contribution >= 4 is 11.7 Å². The van der Waals surface area contributed by atoms with Crippen LogP contribution in [-0.2, 0) is 22.6 Å². The van der Waals surface area contributed by atoms with Crippen molar-refractivity contribution in [2.45, 2.75) is 90.2 Å². The van der Waals surface area contributed by atoms with E-state index < -0.39 is 11.0 Å². The normalized spacial score (nSPS) is 11.8. The molecule has 0 saturated carbocycles. The highest BCUT2D eigenvalue weighted by molar-refractivity contribution is 5.76. The first-order valence-electron chi connectivity index (χ1n) is 12.8. The molecule has 34 heavy (non-hydrogen) atoms. The van der Waals surface area contributed by atoms with Gasteiger partial charge in [-0.1, -0.05) is 95.0 Å². The largest absolute Gasteiger partial charge is 0.460 e. The first-order chi connectivity index (χ1) is 16.6. The molecule has 2 aromatic rings. The Morgan fingerprint density at radius 1 is 0.853 bits per heavy atom. The summed E-state index contributed by atoms with van der Waals surface area (Å²) < 4.78 is 5.54. The van der Waals surface area contributed by atoms with Crippen LogP contribution in [0.25, 0.3) is 0 Å². The third-order valence-corrected chi connectivity index (χ3v) is 6.02. The fourth-order valence-electron chi connectivity index (χ4n) is 3.95. The van der Waals surface area contributed by atoms with Crippen LogP contribution in [0.5, 0.6) is 0 Å². The quantitative estimate of drug-likeness (QED) is 0.113. The van der Waals surface area contributed by atoms with Crippen molar-refractivity contribution < 1.29 is 14.5 Å². The minimum absolute atomic E-state index is 0.0233. The van der Waals surface area contributed by atoms with E-state index in [2.05, 4.69) is 12.2 Å². The summed E-state index contributed by atoms with van der Waals surface area (Å²) in [4.78, 5) is 23.2. The van der Waals surface area contributed by atoms with Gasteiger partial charge in [0, 0.05) is 12.1 Å². The molecule has 0 spiro atoms. The third kappa shape index (κ3) is 11.4. The number of unbranched alkanes of at least 4 members (excludes halogenated alkanes) is 9. The molecule has 0 aliphatic carbocycles. The zero-order valence-electron chi connectivity index (χ0n) is 20.5. The number of benzene rings is 2. The highest BCUT2D eigenvalue weighted by atomic mass is 16.6. The molecule has 0 saturated heterocycles. The van der Waals surface area contributed by atoms with Crippen LogP contribution >= 0.6 is 0 Å². The van der Waals surface area contributed by atoms with Gasteiger partial charge in [0.15, 0.2) is 0 Å². The number of ether oxygens (including phenoxy) is 1. The van der Waals surface area contributed by atoms with Crippen molar-refractivity contribution in [1.29, 1.82) is 0 Å². The monoisotopic (exact) mass is 468 g/mol. The Kier molecular flexibility index (Phi) is 13.6. The molecule has 0 bridgehead atoms. The lowest BCUT2D eigenvalue weighted by Crippen LogP contribution is -2.40. The molecule has 6 nitrogen and oxygen atoms in total. The van der Waals surface area contributed by atoms with Gasteiger partial charge in [-0.05, 0) is 42.6 Å². The second-order valence-corrected chi connectivity index (χ2v) is 8.91. The molecule has 0 amide bonds. The summed E-state index contributed by atoms with van der Waals surface area (Å²) >= 11 is 0. The van der Waals surface area contributed by atoms with Gasteiger partial charge in [0.2, 0.25) is 0 Å². The van der Waals surface area contributed by atoms with Gasteiger partial charge in [-0.15, -0.1) is 0 Å². The molecule has 1 N–H and O–H groups in total. The number of nitrogens with one attached hydrogen (secondary N) is 1. The van der Waals surface area contributed by atoms with Crippen LogP contribution < -0.4 is 5.32 Å². The zero-order chi connectivity index (χ0) is 24.4. The summed E-state index contributed by atoms with van der Waals surface area (Å²) in [7, 11) is 0. The Bertz CT molecular complexity index is 824. The molecule has 186 valence electrons. The second kappa shape index (κ2) is 16.8. The molecule has 0 aliphatic heterocycles. The van der Waals surface area contributed by atoms with Crippen LogP contribution in [0.15, 0.2) is 54.6 Å². The first kappa shape index (κ1) is 27.5. The summed E-state index contributed by atoms with van der Waals surface area (Å²) in [5.74, 6) is -0.297. The number of hydrogen-bond donors (Lipinski definition) is 1. The Balaban J connectivity index is 1.73. The van der Waals surface area contributed by atoms with Gasteiger partial charge in [-0.3, -0.25) is 14.9 Å². The summed E-state index contributed by atoms with van der Waals surface area (Å²) in [5, 5.41) is 14.2. The van der Waals surface area contributed by atoms with Crippen LogP contribution in [0.2, 0.25) is 0 Å². The lowest BCUT2D eigenvalue weighted by Gasteiger charge is -2.18. The van der Waals surface area contributed by atoms with E-state index in [1.165, 1.54) is 63.5 Å². The van der Waals surface area contributed by atoms with Crippen molar-refractivity contribution in [2.24, 2.45) is 0 Å². The Labute approximate surface area is 204 Å². The van der Waals surface area contributed by atoms with Crippen LogP contribution in [0, 0.1) is 10.1 Å². The van der Waals surface area contributed by atoms with Gasteiger partial charge in [0.1, 0.15) is 12.6 Å². The molecule has 0 fully saturated rings. The van der Waals surface area contributed by atoms with Crippen molar-refractivity contribution in [3.05, 3.63) is 75.8 Å². The molecule has 0 radical (unpaired) electrons. The van der Waals surface area contributed by atoms with E-state index in [9.17, 15) is 14.9 Å². The number of carbonyl (C=O) groups is 1. The molecule has 2 rings (SSSR count). The summed E-state index contributed by atoms with van der Waals surface area (Å²) in [6.45, 7) is 3.12. The van der Waals surface area contributed by atoms with E-state index in [0.717, 1.165) is 30.5 Å². The van der Waals surface area contributed by atoms with E-state index in [4.69, 9.17) is 4.74 Å². The van der Waals surface area contributed by atoms with Crippen LogP contribution in [-0.4, -0.2) is 23.5 Å². The molecule has 1 atom stereocenters. The number of nitrogens with zero attached hydrogens (tertiary/aromatic N) is 1. The van der Waals surface area contributed by atoms with E-state index in [0.29, 0.717) is 6.42 Å². The van der Waals surface area contributed by atoms with E-state index >= 15 is 0 Å². The van der Waals surface area contributed by atoms with Gasteiger partial charge < -0.3 is 10.1 Å². The Morgan fingerprint density at radius 3 is 2.03 bits per heavy atom. The summed E-state index contributed by atoms with van der Waals surface area (Å²) in [5.41, 5.74) is 1.83. The summed E-state index contributed by atoms with van der Waals surface area (Å²) in [6.07, 6.45) is 13.3. The fraction of sp³-hybridized carbons (Fsp3) is 0.536. The first-order valence-corrected chi connectivity index (χ1v) is 12.8. The van der Waals surface area contributed by atoms with Gasteiger partial charge in [-0.25, -0.2) is 0 Å². The number of nitro benzene ring substituents is 1. The molecule has 0 aliphatic rings. The topological polar surface area (TPSA) is 81.5 Å². The lowest BCUT2D eigenvalue weighted by atomic mass is 10.0. The van der Waals surface area contributed by atoms with Gasteiger partial charge in [0.25, 0.3) is 5.69 Å². The smallest absolute Gasteiger partial charge is 0.323 e. The average molecular weight is 469 g/mol. The number of non-ortho nitro benzene ring substituents is 1. The number of carbonyl (C=O) groups excluding carboxylic acids is 1. The SMILES string of the molecule is CCCCCCCCCCCCN[C@@H](Cc1ccccc1)C(=O)OCc1ccc([N+](=O)[O-])cc1. The molecule has 0 heterocycles. The van der Waals surface area contributed by atoms with Crippen molar-refractivity contribution in [3.8, 4) is 0 Å². The van der Waals surface area contributed by atoms with Crippen molar-refractivity contribution in [1.82, 2.24) is 5.32 Å². The van der Waals surface area contributed by atoms with Crippen molar-refractivity contribution in [3.63, 3.8) is 0 Å². The maximum atomic E-state index is 12.8. The number of esters is 1. The molecule has 2 aromatic carbocycles. The molecule has 0 unspecified atom stereocenters. The number of nitro groups is 1. The number of hydrogen-bond acceptors (Lipinski definition) is 5. The summed E-state index contributed by atoms with van der Waals surface area (Å²) in [6, 6.07) is 15.6. The maximum absolute atomic E-state index is 12.8. The lowest BCUT2D eigenvalue weighted by molar-refractivity contribution is -0.384. The predicted molar refractivity (Wildman–Crippen MR) is 137 cm³/mol. The van der Waals surface area contributed by atoms with Gasteiger partial charge >= 0.3 is 5.97 Å². The zero-order valence-corrected chi connectivity index (χ0v) is 20.5. The second-order valence-electron chi connectivity index (χ2n) is 8.91. The Hall–Kier alpha value is -2.73. The molecular weight excluding hydrogens is 428 g/mol. The van der Waals surface area contributed by atoms with Gasteiger partial charge in [-0.2, -0.15) is 0 Å². The average Bonchev–Trinajstić information content (AvgIpc) is 2.86. The minimum atomic E-state index is -0.441. The van der Waals surface area contributed by atoms with E-state index in [1.54, 1.807) is 12.1 Å². The number of rotatable bonds is 18. The van der Waals surface area contributed by atoms with Gasteiger partial charge in [0.05, 0.1) is 4.92 Å². The van der Waals surface area contributed by atoms with E-state index in [1.807, 2.05) is 30.3 Å². The van der Waals surface area contributed by atoms with Crippen LogP contribution in [0.4, 0.5) is 5.69 Å². The Morgan fingerprint density at radius 2 is 1.44 bits per heavy atom. The standard InChI is InChI=1S/C28H40N2O4/c1-2-3-4-5-6-7-8-9-10-14-21-29-27(22-24-15-12-11-13-16-24)28(31)34-23-25-17-19-26(20-18-25)30(32)33/h11-13,15-20,27,29H,2-10,14,21-23H2,1H3/t27-/m0/s1. The van der Waals surface area contributed by atoms with Crippen LogP contribution in [0.1, 0.15) is 82.3 Å². The maximum Gasteiger partial charge on any atom is 0.323 e. The predicted octanol–water partition coefficient (Wildman–Crippen LogP) is 6.76. The minimum Gasteiger partial charge on any atom is -0.460 e. The molecule has 0 aromatic heterocycles. The molecule has 6 heteroatoms. The third-order valence-electron chi connectivity index (χ3n) is 6.02. The highest BCUT2D eigenvalue weighted by Crippen LogP contribution is 2.14. The fourth-order valence-corrected chi connectivity index (χ4v) is 3.95. The molecular formula is C28H40N2O4. The van der Waals surface area contributed by atoms with E-state index in [-0.39, 0.29) is 18.3 Å². The van der Waals surface area contributed by atoms with Crippen molar-refractivity contribution in [2.75, 3.05) is 6.54 Å².